The van der Waals surface area contributed by atoms with E-state index in [9.17, 15) is 9.59 Å². The van der Waals surface area contributed by atoms with Crippen LogP contribution in [0, 0.1) is 0 Å². The van der Waals surface area contributed by atoms with Crippen LogP contribution < -0.4 is 4.90 Å². The van der Waals surface area contributed by atoms with Gasteiger partial charge in [0.1, 0.15) is 0 Å². The first-order valence-corrected chi connectivity index (χ1v) is 8.06. The molecule has 1 aliphatic heterocycles. The van der Waals surface area contributed by atoms with Crippen molar-refractivity contribution in [1.29, 1.82) is 0 Å². The number of hydrogen-bond acceptors (Lipinski definition) is 3. The maximum atomic E-state index is 12.0. The molecule has 0 radical (unpaired) electrons. The van der Waals surface area contributed by atoms with Gasteiger partial charge in [-0.1, -0.05) is 23.7 Å². The Morgan fingerprint density at radius 3 is 2.95 bits per heavy atom. The van der Waals surface area contributed by atoms with Gasteiger partial charge in [-0.3, -0.25) is 9.59 Å². The molecular formula is C16H14ClNO2S. The number of nitrogens with zero attached hydrogens (tertiary/aromatic N) is 1. The Bertz CT molecular complexity index is 682. The Labute approximate surface area is 132 Å². The molecule has 0 N–H and O–H groups in total. The molecular weight excluding hydrogens is 306 g/mol. The zero-order chi connectivity index (χ0) is 14.8. The summed E-state index contributed by atoms with van der Waals surface area (Å²) in [5.74, 6) is 0.221. The van der Waals surface area contributed by atoms with Gasteiger partial charge < -0.3 is 4.90 Å². The molecule has 0 saturated carbocycles. The fourth-order valence-electron chi connectivity index (χ4n) is 2.53. The first-order valence-electron chi connectivity index (χ1n) is 6.80. The molecule has 5 heteroatoms. The van der Waals surface area contributed by atoms with E-state index in [1.54, 1.807) is 11.0 Å². The SMILES string of the molecule is O=C(CCCN1C(=O)Cc2ccc(Cl)cc21)c1cccs1. The predicted octanol–water partition coefficient (Wildman–Crippen LogP) is 3.95. The van der Waals surface area contributed by atoms with Crippen molar-refractivity contribution < 1.29 is 9.59 Å². The Balaban J connectivity index is 1.62. The smallest absolute Gasteiger partial charge is 0.231 e. The quantitative estimate of drug-likeness (QED) is 0.782. The first-order chi connectivity index (χ1) is 10.1. The number of ketones is 1. The molecule has 0 spiro atoms. The molecule has 2 aromatic rings. The van der Waals surface area contributed by atoms with Crippen molar-refractivity contribution in [2.24, 2.45) is 0 Å². The number of Topliss-reactive ketones (excluding diaryl/α,β-unsaturated/α-hetero) is 1. The van der Waals surface area contributed by atoms with E-state index in [-0.39, 0.29) is 11.7 Å². The second-order valence-electron chi connectivity index (χ2n) is 5.00. The number of hydrogen-bond donors (Lipinski definition) is 0. The molecule has 0 saturated heterocycles. The summed E-state index contributed by atoms with van der Waals surface area (Å²) >= 11 is 7.45. The number of rotatable bonds is 5. The summed E-state index contributed by atoms with van der Waals surface area (Å²) in [6, 6.07) is 9.23. The summed E-state index contributed by atoms with van der Waals surface area (Å²) in [7, 11) is 0. The fourth-order valence-corrected chi connectivity index (χ4v) is 3.39. The topological polar surface area (TPSA) is 37.4 Å². The average Bonchev–Trinajstić information content (AvgIpc) is 3.08. The Kier molecular flexibility index (Phi) is 4.08. The van der Waals surface area contributed by atoms with Crippen LogP contribution in [-0.2, 0) is 11.2 Å². The zero-order valence-corrected chi connectivity index (χ0v) is 12.9. The van der Waals surface area contributed by atoms with Crippen LogP contribution in [0.1, 0.15) is 28.1 Å². The molecule has 0 atom stereocenters. The normalized spacial score (nSPS) is 13.6. The molecule has 0 aliphatic carbocycles. The second-order valence-corrected chi connectivity index (χ2v) is 6.38. The van der Waals surface area contributed by atoms with Crippen molar-refractivity contribution >= 4 is 40.3 Å². The van der Waals surface area contributed by atoms with Crippen LogP contribution in [0.4, 0.5) is 5.69 Å². The van der Waals surface area contributed by atoms with Crippen LogP contribution in [0.15, 0.2) is 35.7 Å². The third-order valence-electron chi connectivity index (χ3n) is 3.56. The number of amides is 1. The fraction of sp³-hybridized carbons (Fsp3) is 0.250. The highest BCUT2D eigenvalue weighted by atomic mass is 35.5. The molecule has 1 aromatic heterocycles. The van der Waals surface area contributed by atoms with E-state index < -0.39 is 0 Å². The van der Waals surface area contributed by atoms with Gasteiger partial charge in [-0.15, -0.1) is 11.3 Å². The molecule has 0 fully saturated rings. The summed E-state index contributed by atoms with van der Waals surface area (Å²) in [5, 5.41) is 2.53. The monoisotopic (exact) mass is 319 g/mol. The van der Waals surface area contributed by atoms with Crippen LogP contribution in [0.2, 0.25) is 5.02 Å². The van der Waals surface area contributed by atoms with Crippen molar-refractivity contribution in [2.45, 2.75) is 19.3 Å². The lowest BCUT2D eigenvalue weighted by Crippen LogP contribution is -2.28. The Morgan fingerprint density at radius 2 is 2.19 bits per heavy atom. The van der Waals surface area contributed by atoms with Crippen LogP contribution in [0.25, 0.3) is 0 Å². The van der Waals surface area contributed by atoms with E-state index in [2.05, 4.69) is 0 Å². The number of anilines is 1. The highest BCUT2D eigenvalue weighted by molar-refractivity contribution is 7.12. The molecule has 1 amide bonds. The molecule has 108 valence electrons. The minimum Gasteiger partial charge on any atom is -0.312 e. The molecule has 0 bridgehead atoms. The minimum atomic E-state index is 0.0795. The minimum absolute atomic E-state index is 0.0795. The first kappa shape index (κ1) is 14.3. The standard InChI is InChI=1S/C16H14ClNO2S/c17-12-6-5-11-9-16(20)18(13(11)10-12)7-1-3-14(19)15-4-2-8-21-15/h2,4-6,8,10H,1,3,7,9H2. The van der Waals surface area contributed by atoms with Crippen molar-refractivity contribution in [2.75, 3.05) is 11.4 Å². The molecule has 1 aromatic carbocycles. The van der Waals surface area contributed by atoms with E-state index in [1.807, 2.05) is 29.6 Å². The maximum Gasteiger partial charge on any atom is 0.231 e. The molecule has 0 unspecified atom stereocenters. The van der Waals surface area contributed by atoms with Gasteiger partial charge in [0.15, 0.2) is 5.78 Å². The maximum absolute atomic E-state index is 12.0. The molecule has 3 nitrogen and oxygen atoms in total. The molecule has 1 aliphatic rings. The number of halogens is 1. The summed E-state index contributed by atoms with van der Waals surface area (Å²) in [5.41, 5.74) is 1.89. The third-order valence-corrected chi connectivity index (χ3v) is 4.71. The second kappa shape index (κ2) is 6.00. The van der Waals surface area contributed by atoms with E-state index in [1.165, 1.54) is 11.3 Å². The highest BCUT2D eigenvalue weighted by Gasteiger charge is 2.27. The van der Waals surface area contributed by atoms with Crippen molar-refractivity contribution in [3.63, 3.8) is 0 Å². The lowest BCUT2D eigenvalue weighted by Gasteiger charge is -2.17. The van der Waals surface area contributed by atoms with Crippen LogP contribution in [0.5, 0.6) is 0 Å². The molecule has 3 rings (SSSR count). The molecule has 2 heterocycles. The third kappa shape index (κ3) is 3.01. The average molecular weight is 320 g/mol. The van der Waals surface area contributed by atoms with Gasteiger partial charge in [0, 0.05) is 23.7 Å². The van der Waals surface area contributed by atoms with Gasteiger partial charge >= 0.3 is 0 Å². The molecule has 21 heavy (non-hydrogen) atoms. The van der Waals surface area contributed by atoms with Gasteiger partial charge in [-0.05, 0) is 35.6 Å². The Morgan fingerprint density at radius 1 is 1.33 bits per heavy atom. The number of fused-ring (bicyclic) bond motifs is 1. The number of carbonyl (C=O) groups is 2. The number of benzene rings is 1. The number of thiophene rings is 1. The lowest BCUT2D eigenvalue weighted by molar-refractivity contribution is -0.117. The van der Waals surface area contributed by atoms with Crippen LogP contribution in [0.3, 0.4) is 0 Å². The summed E-state index contributed by atoms with van der Waals surface area (Å²) in [6.45, 7) is 0.559. The van der Waals surface area contributed by atoms with E-state index in [0.29, 0.717) is 30.8 Å². The summed E-state index contributed by atoms with van der Waals surface area (Å²) < 4.78 is 0. The zero-order valence-electron chi connectivity index (χ0n) is 11.3. The predicted molar refractivity (Wildman–Crippen MR) is 85.4 cm³/mol. The van der Waals surface area contributed by atoms with E-state index in [0.717, 1.165) is 16.1 Å². The van der Waals surface area contributed by atoms with Gasteiger partial charge in [0.05, 0.1) is 11.3 Å². The van der Waals surface area contributed by atoms with Crippen LogP contribution in [-0.4, -0.2) is 18.2 Å². The lowest BCUT2D eigenvalue weighted by atomic mass is 10.1. The summed E-state index contributed by atoms with van der Waals surface area (Å²) in [4.78, 5) is 26.5. The Hall–Kier alpha value is -1.65. The van der Waals surface area contributed by atoms with E-state index in [4.69, 9.17) is 11.6 Å². The largest absolute Gasteiger partial charge is 0.312 e. The highest BCUT2D eigenvalue weighted by Crippen LogP contribution is 2.31. The van der Waals surface area contributed by atoms with Gasteiger partial charge in [0.25, 0.3) is 0 Å². The van der Waals surface area contributed by atoms with Gasteiger partial charge in [-0.25, -0.2) is 0 Å². The van der Waals surface area contributed by atoms with Gasteiger partial charge in [-0.2, -0.15) is 0 Å². The van der Waals surface area contributed by atoms with Crippen molar-refractivity contribution in [3.05, 3.63) is 51.2 Å². The van der Waals surface area contributed by atoms with Crippen LogP contribution >= 0.6 is 22.9 Å². The van der Waals surface area contributed by atoms with E-state index >= 15 is 0 Å². The van der Waals surface area contributed by atoms with Crippen molar-refractivity contribution in [3.8, 4) is 0 Å². The van der Waals surface area contributed by atoms with Gasteiger partial charge in [0.2, 0.25) is 5.91 Å². The summed E-state index contributed by atoms with van der Waals surface area (Å²) in [6.07, 6.45) is 1.54. The van der Waals surface area contributed by atoms with Crippen molar-refractivity contribution in [1.82, 2.24) is 0 Å². The number of carbonyl (C=O) groups excluding carboxylic acids is 2.